The Morgan fingerprint density at radius 1 is 1.24 bits per heavy atom. The van der Waals surface area contributed by atoms with E-state index in [-0.39, 0.29) is 25.3 Å². The number of aromatic amines is 1. The second-order valence-electron chi connectivity index (χ2n) is 7.31. The van der Waals surface area contributed by atoms with Gasteiger partial charge in [-0.3, -0.25) is 0 Å². The topological polar surface area (TPSA) is 69.2 Å². The first-order chi connectivity index (χ1) is 13.7. The average molecular weight is 419 g/mol. The van der Waals surface area contributed by atoms with Gasteiger partial charge in [-0.1, -0.05) is 6.92 Å². The zero-order chi connectivity index (χ0) is 20.8. The number of alkyl halides is 2. The lowest BCUT2D eigenvalue weighted by Crippen LogP contribution is -2.25. The predicted molar refractivity (Wildman–Crippen MR) is 112 cm³/mol. The number of nitrogens with one attached hydrogen (secondary N) is 2. The summed E-state index contributed by atoms with van der Waals surface area (Å²) in [4.78, 5) is 5.38. The Morgan fingerprint density at radius 3 is 2.69 bits per heavy atom. The van der Waals surface area contributed by atoms with Crippen molar-refractivity contribution in [2.45, 2.75) is 24.2 Å². The minimum absolute atomic E-state index is 0.192. The molecule has 0 aliphatic carbocycles. The summed E-state index contributed by atoms with van der Waals surface area (Å²) in [5.74, 6) is -1.82. The van der Waals surface area contributed by atoms with Gasteiger partial charge in [0, 0.05) is 51.5 Å². The fourth-order valence-corrected chi connectivity index (χ4v) is 4.63. The summed E-state index contributed by atoms with van der Waals surface area (Å²) in [5, 5.41) is 0.921. The van der Waals surface area contributed by atoms with Crippen LogP contribution in [0.2, 0.25) is 0 Å². The predicted octanol–water partition coefficient (Wildman–Crippen LogP) is 5.11. The molecular weight excluding hydrogens is 396 g/mol. The van der Waals surface area contributed by atoms with Gasteiger partial charge in [-0.2, -0.15) is 0 Å². The Labute approximate surface area is 168 Å². The molecule has 1 aliphatic heterocycles. The standard InChI is InChI=1S/C21H23F2N3O2S/c1-3-29(24,27)16-5-7-20(26-9-8-21(22,23)13-26)17(12-16)19-11-14-10-15(28-2)4-6-18(14)25-19/h4-7,10-12,24-25H,3,8-9,13H2,1-2H3/t29-/m0/s1. The number of anilines is 1. The number of hydrogen-bond donors (Lipinski definition) is 2. The maximum absolute atomic E-state index is 13.8. The fourth-order valence-electron chi connectivity index (χ4n) is 3.70. The van der Waals surface area contributed by atoms with Gasteiger partial charge in [0.2, 0.25) is 0 Å². The van der Waals surface area contributed by atoms with Crippen LogP contribution in [0.5, 0.6) is 5.75 Å². The van der Waals surface area contributed by atoms with E-state index in [4.69, 9.17) is 9.52 Å². The summed E-state index contributed by atoms with van der Waals surface area (Å²) in [6.45, 7) is 1.61. The van der Waals surface area contributed by atoms with E-state index >= 15 is 0 Å². The van der Waals surface area contributed by atoms with E-state index in [0.717, 1.165) is 22.3 Å². The van der Waals surface area contributed by atoms with Gasteiger partial charge in [0.25, 0.3) is 5.92 Å². The van der Waals surface area contributed by atoms with Gasteiger partial charge in [-0.15, -0.1) is 0 Å². The first-order valence-corrected chi connectivity index (χ1v) is 11.2. The number of benzene rings is 2. The molecule has 2 aromatic carbocycles. The molecular formula is C21H23F2N3O2S. The van der Waals surface area contributed by atoms with Gasteiger partial charge in [-0.25, -0.2) is 17.8 Å². The summed E-state index contributed by atoms with van der Waals surface area (Å²) in [5.41, 5.74) is 2.93. The molecule has 1 saturated heterocycles. The van der Waals surface area contributed by atoms with E-state index in [1.54, 1.807) is 37.1 Å². The van der Waals surface area contributed by atoms with Crippen LogP contribution >= 0.6 is 0 Å². The molecule has 1 fully saturated rings. The first kappa shape index (κ1) is 19.7. The molecule has 0 saturated carbocycles. The Balaban J connectivity index is 1.88. The van der Waals surface area contributed by atoms with Crippen LogP contribution < -0.4 is 9.64 Å². The Morgan fingerprint density at radius 2 is 2.03 bits per heavy atom. The van der Waals surface area contributed by atoms with Gasteiger partial charge < -0.3 is 14.6 Å². The molecule has 1 atom stereocenters. The number of methoxy groups -OCH3 is 1. The smallest absolute Gasteiger partial charge is 0.266 e. The van der Waals surface area contributed by atoms with E-state index in [1.807, 2.05) is 24.3 Å². The number of aromatic nitrogens is 1. The van der Waals surface area contributed by atoms with Gasteiger partial charge in [0.15, 0.2) is 0 Å². The molecule has 0 bridgehead atoms. The quantitative estimate of drug-likeness (QED) is 0.603. The molecule has 2 N–H and O–H groups in total. The van der Waals surface area contributed by atoms with Crippen LogP contribution in [0, 0.1) is 4.78 Å². The van der Waals surface area contributed by atoms with Crippen LogP contribution in [0.4, 0.5) is 14.5 Å². The van der Waals surface area contributed by atoms with Crippen molar-refractivity contribution in [3.8, 4) is 17.0 Å². The number of rotatable bonds is 5. The lowest BCUT2D eigenvalue weighted by molar-refractivity contribution is 0.0257. The second-order valence-corrected chi connectivity index (χ2v) is 9.71. The van der Waals surface area contributed by atoms with Crippen molar-refractivity contribution in [2.75, 3.05) is 30.9 Å². The molecule has 154 valence electrons. The minimum Gasteiger partial charge on any atom is -0.497 e. The van der Waals surface area contributed by atoms with E-state index in [0.29, 0.717) is 16.1 Å². The molecule has 0 spiro atoms. The Hall–Kier alpha value is -2.61. The molecule has 1 aliphatic rings. The molecule has 0 amide bonds. The third-order valence-corrected chi connectivity index (χ3v) is 7.21. The number of H-pyrrole nitrogens is 1. The highest BCUT2D eigenvalue weighted by Gasteiger charge is 2.39. The number of halogens is 2. The van der Waals surface area contributed by atoms with Crippen molar-refractivity contribution in [3.05, 3.63) is 42.5 Å². The molecule has 0 unspecified atom stereocenters. The van der Waals surface area contributed by atoms with E-state index in [2.05, 4.69) is 4.98 Å². The summed E-state index contributed by atoms with van der Waals surface area (Å²) in [6, 6.07) is 12.6. The highest BCUT2D eigenvalue weighted by Crippen LogP contribution is 2.39. The fraction of sp³-hybridized carbons (Fsp3) is 0.333. The maximum atomic E-state index is 13.8. The van der Waals surface area contributed by atoms with Crippen LogP contribution in [-0.2, 0) is 9.73 Å². The van der Waals surface area contributed by atoms with Crippen molar-refractivity contribution in [3.63, 3.8) is 0 Å². The third-order valence-electron chi connectivity index (χ3n) is 5.38. The summed E-state index contributed by atoms with van der Waals surface area (Å²) in [7, 11) is -1.34. The monoisotopic (exact) mass is 419 g/mol. The van der Waals surface area contributed by atoms with Crippen molar-refractivity contribution < 1.29 is 17.7 Å². The number of hydrogen-bond acceptors (Lipinski definition) is 4. The van der Waals surface area contributed by atoms with E-state index in [1.165, 1.54) is 0 Å². The first-order valence-electron chi connectivity index (χ1n) is 9.43. The number of fused-ring (bicyclic) bond motifs is 1. The third kappa shape index (κ3) is 3.69. The molecule has 29 heavy (non-hydrogen) atoms. The van der Waals surface area contributed by atoms with Crippen LogP contribution in [0.3, 0.4) is 0 Å². The van der Waals surface area contributed by atoms with Crippen LogP contribution in [0.15, 0.2) is 47.4 Å². The highest BCUT2D eigenvalue weighted by atomic mass is 32.2. The number of nitrogens with zero attached hydrogens (tertiary/aromatic N) is 1. The molecule has 0 radical (unpaired) electrons. The Bertz CT molecular complexity index is 1170. The summed E-state index contributed by atoms with van der Waals surface area (Å²) >= 11 is 0. The minimum atomic E-state index is -2.93. The van der Waals surface area contributed by atoms with Crippen LogP contribution in [-0.4, -0.2) is 41.1 Å². The molecule has 3 aromatic rings. The molecule has 2 heterocycles. The average Bonchev–Trinajstić information content (AvgIpc) is 3.29. The largest absolute Gasteiger partial charge is 0.497 e. The van der Waals surface area contributed by atoms with Crippen molar-refractivity contribution in [1.82, 2.24) is 4.98 Å². The molecule has 1 aromatic heterocycles. The van der Waals surface area contributed by atoms with Gasteiger partial charge in [0.05, 0.1) is 23.4 Å². The highest BCUT2D eigenvalue weighted by molar-refractivity contribution is 7.92. The van der Waals surface area contributed by atoms with Crippen LogP contribution in [0.25, 0.3) is 22.2 Å². The zero-order valence-corrected chi connectivity index (χ0v) is 17.1. The van der Waals surface area contributed by atoms with E-state index < -0.39 is 15.7 Å². The van der Waals surface area contributed by atoms with Crippen molar-refractivity contribution in [1.29, 1.82) is 4.78 Å². The normalized spacial score (nSPS) is 18.1. The van der Waals surface area contributed by atoms with Crippen molar-refractivity contribution >= 4 is 26.3 Å². The Kier molecular flexibility index (Phi) is 4.77. The zero-order valence-electron chi connectivity index (χ0n) is 16.3. The molecule has 8 heteroatoms. The molecule has 5 nitrogen and oxygen atoms in total. The number of ether oxygens (including phenoxy) is 1. The van der Waals surface area contributed by atoms with Gasteiger partial charge >= 0.3 is 0 Å². The SMILES string of the molecule is CC[S@](=N)(=O)c1ccc(N2CCC(F)(F)C2)c(-c2cc3cc(OC)ccc3[nH]2)c1. The van der Waals surface area contributed by atoms with E-state index in [9.17, 15) is 13.0 Å². The molecule has 4 rings (SSSR count). The van der Waals surface area contributed by atoms with Crippen LogP contribution in [0.1, 0.15) is 13.3 Å². The summed E-state index contributed by atoms with van der Waals surface area (Å²) in [6.07, 6.45) is -0.192. The maximum Gasteiger partial charge on any atom is 0.266 e. The van der Waals surface area contributed by atoms with Gasteiger partial charge in [-0.05, 0) is 42.5 Å². The lowest BCUT2D eigenvalue weighted by atomic mass is 10.1. The lowest BCUT2D eigenvalue weighted by Gasteiger charge is -2.22. The second kappa shape index (κ2) is 7.02. The van der Waals surface area contributed by atoms with Gasteiger partial charge in [0.1, 0.15) is 5.75 Å². The summed E-state index contributed by atoms with van der Waals surface area (Å²) < 4.78 is 53.8. The van der Waals surface area contributed by atoms with Crippen molar-refractivity contribution in [2.24, 2.45) is 0 Å².